The number of nitrogens with two attached hydrogens (primary N) is 1. The second-order valence-electron chi connectivity index (χ2n) is 3.01. The van der Waals surface area contributed by atoms with E-state index in [4.69, 9.17) is 5.73 Å². The lowest BCUT2D eigenvalue weighted by molar-refractivity contribution is 0.0148. The third kappa shape index (κ3) is 2.87. The van der Waals surface area contributed by atoms with E-state index in [-0.39, 0.29) is 0 Å². The molecule has 1 rings (SSSR count). The van der Waals surface area contributed by atoms with E-state index in [2.05, 4.69) is 17.6 Å². The molecule has 0 spiro atoms. The summed E-state index contributed by atoms with van der Waals surface area (Å²) in [6.45, 7) is 0. The molecular formula is C9H14N2O2S. The van der Waals surface area contributed by atoms with Crippen LogP contribution in [0.25, 0.3) is 0 Å². The highest BCUT2D eigenvalue weighted by Gasteiger charge is 2.18. The van der Waals surface area contributed by atoms with E-state index in [1.165, 1.54) is 0 Å². The maximum absolute atomic E-state index is 9.64. The Kier molecular flexibility index (Phi) is 4.19. The summed E-state index contributed by atoms with van der Waals surface area (Å²) in [5.41, 5.74) is 5.84. The van der Waals surface area contributed by atoms with Crippen molar-refractivity contribution < 1.29 is 10.2 Å². The van der Waals surface area contributed by atoms with Crippen LogP contribution in [-0.4, -0.2) is 27.1 Å². The molecule has 4 nitrogen and oxygen atoms in total. The highest BCUT2D eigenvalue weighted by Crippen LogP contribution is 2.17. The number of hydrogen-bond acceptors (Lipinski definition) is 5. The maximum Gasteiger partial charge on any atom is 0.123 e. The van der Waals surface area contributed by atoms with Crippen LogP contribution in [0.1, 0.15) is 18.2 Å². The van der Waals surface area contributed by atoms with Gasteiger partial charge in [0.2, 0.25) is 0 Å². The lowest BCUT2D eigenvalue weighted by atomic mass is 10.1. The highest BCUT2D eigenvalue weighted by molar-refractivity contribution is 7.80. The Balaban J connectivity index is 2.73. The SMILES string of the molecule is Nc1cccc(C(O)C(O)CCS)n1. The van der Waals surface area contributed by atoms with Gasteiger partial charge in [-0.2, -0.15) is 12.6 Å². The number of aromatic nitrogens is 1. The van der Waals surface area contributed by atoms with Crippen molar-refractivity contribution in [3.8, 4) is 0 Å². The normalized spacial score (nSPS) is 15.1. The molecule has 0 radical (unpaired) electrons. The van der Waals surface area contributed by atoms with Crippen molar-refractivity contribution in [1.29, 1.82) is 0 Å². The number of anilines is 1. The summed E-state index contributed by atoms with van der Waals surface area (Å²) in [4.78, 5) is 3.92. The number of nitrogens with zero attached hydrogens (tertiary/aromatic N) is 1. The molecule has 0 saturated carbocycles. The van der Waals surface area contributed by atoms with E-state index < -0.39 is 12.2 Å². The first kappa shape index (κ1) is 11.3. The van der Waals surface area contributed by atoms with Crippen LogP contribution in [0.15, 0.2) is 18.2 Å². The molecule has 2 atom stereocenters. The maximum atomic E-state index is 9.64. The number of pyridine rings is 1. The van der Waals surface area contributed by atoms with Crippen molar-refractivity contribution in [2.45, 2.75) is 18.6 Å². The molecule has 0 aliphatic carbocycles. The van der Waals surface area contributed by atoms with E-state index >= 15 is 0 Å². The van der Waals surface area contributed by atoms with E-state index in [0.717, 1.165) is 0 Å². The highest BCUT2D eigenvalue weighted by atomic mass is 32.1. The Labute approximate surface area is 88.2 Å². The van der Waals surface area contributed by atoms with Crippen LogP contribution in [0.4, 0.5) is 5.82 Å². The molecule has 0 aliphatic rings. The minimum Gasteiger partial charge on any atom is -0.390 e. The fourth-order valence-corrected chi connectivity index (χ4v) is 1.39. The molecule has 14 heavy (non-hydrogen) atoms. The molecule has 1 aromatic rings. The van der Waals surface area contributed by atoms with Crippen molar-refractivity contribution in [1.82, 2.24) is 4.98 Å². The molecule has 0 amide bonds. The summed E-state index contributed by atoms with van der Waals surface area (Å²) >= 11 is 3.97. The van der Waals surface area contributed by atoms with Gasteiger partial charge in [0, 0.05) is 0 Å². The number of thiol groups is 1. The van der Waals surface area contributed by atoms with Gasteiger partial charge in [0.05, 0.1) is 11.8 Å². The van der Waals surface area contributed by atoms with E-state index in [1.807, 2.05) is 0 Å². The number of nitrogen functional groups attached to an aromatic ring is 1. The van der Waals surface area contributed by atoms with Gasteiger partial charge < -0.3 is 15.9 Å². The average Bonchev–Trinajstić information content (AvgIpc) is 2.17. The van der Waals surface area contributed by atoms with Crippen LogP contribution in [0.3, 0.4) is 0 Å². The van der Waals surface area contributed by atoms with Crippen molar-refractivity contribution in [3.05, 3.63) is 23.9 Å². The Morgan fingerprint density at radius 1 is 1.43 bits per heavy atom. The Morgan fingerprint density at radius 2 is 2.14 bits per heavy atom. The standard InChI is InChI=1S/C9H14N2O2S/c10-8-3-1-2-6(11-8)9(13)7(12)4-5-14/h1-3,7,9,12-14H,4-5H2,(H2,10,11). The summed E-state index contributed by atoms with van der Waals surface area (Å²) in [5.74, 6) is 0.847. The first-order valence-corrected chi connectivity index (χ1v) is 4.98. The van der Waals surface area contributed by atoms with Crippen LogP contribution in [0.2, 0.25) is 0 Å². The average molecular weight is 214 g/mol. The van der Waals surface area contributed by atoms with Gasteiger partial charge >= 0.3 is 0 Å². The van der Waals surface area contributed by atoms with Gasteiger partial charge in [0.25, 0.3) is 0 Å². The van der Waals surface area contributed by atoms with Crippen molar-refractivity contribution in [2.75, 3.05) is 11.5 Å². The van der Waals surface area contributed by atoms with Crippen LogP contribution in [0.5, 0.6) is 0 Å². The van der Waals surface area contributed by atoms with Crippen molar-refractivity contribution in [3.63, 3.8) is 0 Å². The van der Waals surface area contributed by atoms with Gasteiger partial charge in [-0.15, -0.1) is 0 Å². The van der Waals surface area contributed by atoms with E-state index in [1.54, 1.807) is 18.2 Å². The van der Waals surface area contributed by atoms with E-state index in [9.17, 15) is 10.2 Å². The van der Waals surface area contributed by atoms with E-state index in [0.29, 0.717) is 23.7 Å². The minimum atomic E-state index is -0.995. The molecule has 1 aromatic heterocycles. The zero-order valence-corrected chi connectivity index (χ0v) is 8.56. The molecule has 0 bridgehead atoms. The Morgan fingerprint density at radius 3 is 2.71 bits per heavy atom. The predicted molar refractivity (Wildman–Crippen MR) is 58.1 cm³/mol. The van der Waals surface area contributed by atoms with Gasteiger partial charge in [0.1, 0.15) is 11.9 Å². The van der Waals surface area contributed by atoms with Crippen LogP contribution in [-0.2, 0) is 0 Å². The predicted octanol–water partition coefficient (Wildman–Crippen LogP) is 0.378. The zero-order valence-electron chi connectivity index (χ0n) is 7.67. The second kappa shape index (κ2) is 5.19. The summed E-state index contributed by atoms with van der Waals surface area (Å²) in [5, 5.41) is 19.1. The van der Waals surface area contributed by atoms with Gasteiger partial charge in [-0.25, -0.2) is 4.98 Å². The third-order valence-corrected chi connectivity index (χ3v) is 2.14. The molecule has 1 heterocycles. The first-order valence-electron chi connectivity index (χ1n) is 4.34. The first-order chi connectivity index (χ1) is 6.65. The van der Waals surface area contributed by atoms with Crippen LogP contribution >= 0.6 is 12.6 Å². The molecule has 0 aromatic carbocycles. The molecule has 2 unspecified atom stereocenters. The smallest absolute Gasteiger partial charge is 0.123 e. The van der Waals surface area contributed by atoms with Gasteiger partial charge in [-0.1, -0.05) is 6.07 Å². The van der Waals surface area contributed by atoms with Crippen molar-refractivity contribution in [2.24, 2.45) is 0 Å². The van der Waals surface area contributed by atoms with Crippen molar-refractivity contribution >= 4 is 18.4 Å². The number of hydrogen-bond donors (Lipinski definition) is 4. The Hall–Kier alpha value is -0.780. The quantitative estimate of drug-likeness (QED) is 0.546. The molecular weight excluding hydrogens is 200 g/mol. The monoisotopic (exact) mass is 214 g/mol. The van der Waals surface area contributed by atoms with Crippen LogP contribution < -0.4 is 5.73 Å². The summed E-state index contributed by atoms with van der Waals surface area (Å²) < 4.78 is 0. The van der Waals surface area contributed by atoms with Crippen LogP contribution in [0, 0.1) is 0 Å². The largest absolute Gasteiger partial charge is 0.390 e. The minimum absolute atomic E-state index is 0.333. The molecule has 0 saturated heterocycles. The summed E-state index contributed by atoms with van der Waals surface area (Å²) in [6.07, 6.45) is -1.42. The molecule has 4 N–H and O–H groups in total. The number of aliphatic hydroxyl groups is 2. The lowest BCUT2D eigenvalue weighted by Gasteiger charge is -2.16. The van der Waals surface area contributed by atoms with Gasteiger partial charge in [0.15, 0.2) is 0 Å². The molecule has 78 valence electrons. The zero-order chi connectivity index (χ0) is 10.6. The number of aliphatic hydroxyl groups excluding tert-OH is 2. The summed E-state index contributed by atoms with van der Waals surface area (Å²) in [7, 11) is 0. The lowest BCUT2D eigenvalue weighted by Crippen LogP contribution is -2.19. The topological polar surface area (TPSA) is 79.4 Å². The summed E-state index contributed by atoms with van der Waals surface area (Å²) in [6, 6.07) is 4.94. The molecule has 5 heteroatoms. The fraction of sp³-hybridized carbons (Fsp3) is 0.444. The fourth-order valence-electron chi connectivity index (χ4n) is 1.12. The van der Waals surface area contributed by atoms with Gasteiger partial charge in [-0.05, 0) is 24.3 Å². The third-order valence-electron chi connectivity index (χ3n) is 1.88. The Bertz CT molecular complexity index is 296. The van der Waals surface area contributed by atoms with Gasteiger partial charge in [-0.3, -0.25) is 0 Å². The number of rotatable bonds is 4. The molecule has 0 fully saturated rings. The molecule has 0 aliphatic heterocycles. The second-order valence-corrected chi connectivity index (χ2v) is 3.46.